The van der Waals surface area contributed by atoms with Gasteiger partial charge in [-0.2, -0.15) is 0 Å². The minimum Gasteiger partial charge on any atom is -0.506 e. The van der Waals surface area contributed by atoms with Gasteiger partial charge in [0.05, 0.1) is 11.7 Å². The third kappa shape index (κ3) is 2.50. The van der Waals surface area contributed by atoms with Crippen LogP contribution in [0.1, 0.15) is 5.56 Å². The Balaban J connectivity index is 0.000000980. The van der Waals surface area contributed by atoms with Gasteiger partial charge in [0.25, 0.3) is 0 Å². The monoisotopic (exact) mass is 246 g/mol. The molecule has 0 saturated heterocycles. The van der Waals surface area contributed by atoms with E-state index in [1.165, 1.54) is 6.20 Å². The number of halogens is 2. The molecular formula is C10H12Cl2N2O. The number of hydrogen-bond acceptors (Lipinski definition) is 3. The van der Waals surface area contributed by atoms with Crippen LogP contribution in [0.25, 0.3) is 10.9 Å². The Kier molecular flexibility index (Phi) is 5.36. The number of nitrogens with zero attached hydrogens (tertiary/aromatic N) is 1. The number of nitrogens with two attached hydrogens (primary N) is 1. The Morgan fingerprint density at radius 2 is 1.87 bits per heavy atom. The molecule has 0 amide bonds. The second-order valence-electron chi connectivity index (χ2n) is 2.84. The summed E-state index contributed by atoms with van der Waals surface area (Å²) in [5.74, 6) is 0.168. The highest BCUT2D eigenvalue weighted by molar-refractivity contribution is 5.85. The van der Waals surface area contributed by atoms with Crippen LogP contribution in [-0.2, 0) is 6.54 Å². The fourth-order valence-electron chi connectivity index (χ4n) is 1.40. The average Bonchev–Trinajstić information content (AvgIpc) is 2.18. The Labute approximate surface area is 100 Å². The van der Waals surface area contributed by atoms with Crippen LogP contribution in [0.3, 0.4) is 0 Å². The van der Waals surface area contributed by atoms with E-state index in [2.05, 4.69) is 4.98 Å². The fraction of sp³-hybridized carbons (Fsp3) is 0.100. The Bertz CT molecular complexity index is 448. The quantitative estimate of drug-likeness (QED) is 0.812. The first-order valence-electron chi connectivity index (χ1n) is 4.08. The molecule has 0 bridgehead atoms. The van der Waals surface area contributed by atoms with Crippen molar-refractivity contribution in [3.8, 4) is 5.75 Å². The summed E-state index contributed by atoms with van der Waals surface area (Å²) in [5.41, 5.74) is 7.15. The Morgan fingerprint density at radius 1 is 1.20 bits per heavy atom. The minimum absolute atomic E-state index is 0. The molecule has 0 atom stereocenters. The molecule has 0 unspecified atom stereocenters. The zero-order valence-electron chi connectivity index (χ0n) is 7.88. The number of rotatable bonds is 1. The summed E-state index contributed by atoms with van der Waals surface area (Å²) in [6.45, 7) is 0.328. The smallest absolute Gasteiger partial charge is 0.138 e. The highest BCUT2D eigenvalue weighted by Crippen LogP contribution is 2.23. The predicted molar refractivity (Wildman–Crippen MR) is 65.8 cm³/mol. The van der Waals surface area contributed by atoms with Crippen molar-refractivity contribution < 1.29 is 5.11 Å². The highest BCUT2D eigenvalue weighted by Gasteiger charge is 2.04. The van der Waals surface area contributed by atoms with Crippen LogP contribution >= 0.6 is 24.8 Å². The lowest BCUT2D eigenvalue weighted by Gasteiger charge is -2.04. The van der Waals surface area contributed by atoms with Crippen LogP contribution in [0, 0.1) is 0 Å². The summed E-state index contributed by atoms with van der Waals surface area (Å²) in [5, 5.41) is 10.4. The lowest BCUT2D eigenvalue weighted by atomic mass is 10.1. The van der Waals surface area contributed by atoms with Crippen molar-refractivity contribution in [1.29, 1.82) is 0 Å². The Morgan fingerprint density at radius 3 is 2.53 bits per heavy atom. The first-order valence-corrected chi connectivity index (χ1v) is 4.08. The van der Waals surface area contributed by atoms with Gasteiger partial charge in [-0.25, -0.2) is 0 Å². The van der Waals surface area contributed by atoms with Crippen molar-refractivity contribution in [3.05, 3.63) is 36.0 Å². The fourth-order valence-corrected chi connectivity index (χ4v) is 1.40. The summed E-state index contributed by atoms with van der Waals surface area (Å²) in [6.07, 6.45) is 1.44. The second kappa shape index (κ2) is 5.75. The van der Waals surface area contributed by atoms with Gasteiger partial charge in [0, 0.05) is 17.5 Å². The molecule has 3 N–H and O–H groups in total. The van der Waals surface area contributed by atoms with Crippen LogP contribution in [0.15, 0.2) is 30.5 Å². The number of para-hydroxylation sites is 1. The molecule has 0 aliphatic rings. The van der Waals surface area contributed by atoms with Crippen LogP contribution in [0.2, 0.25) is 0 Å². The molecule has 0 spiro atoms. The first-order chi connectivity index (χ1) is 6.33. The first kappa shape index (κ1) is 14.0. The molecule has 3 nitrogen and oxygen atoms in total. The zero-order valence-corrected chi connectivity index (χ0v) is 9.52. The maximum Gasteiger partial charge on any atom is 0.138 e. The van der Waals surface area contributed by atoms with Gasteiger partial charge in [0.15, 0.2) is 0 Å². The van der Waals surface area contributed by atoms with Gasteiger partial charge in [0.1, 0.15) is 5.75 Å². The summed E-state index contributed by atoms with van der Waals surface area (Å²) in [7, 11) is 0. The zero-order chi connectivity index (χ0) is 9.26. The Hall–Kier alpha value is -1.03. The number of benzene rings is 1. The topological polar surface area (TPSA) is 59.1 Å². The van der Waals surface area contributed by atoms with E-state index in [0.717, 1.165) is 16.5 Å². The predicted octanol–water partition coefficient (Wildman–Crippen LogP) is 2.24. The number of aromatic hydroxyl groups is 1. The lowest BCUT2D eigenvalue weighted by molar-refractivity contribution is 0.467. The molecule has 0 aliphatic carbocycles. The van der Waals surface area contributed by atoms with Crippen LogP contribution in [-0.4, -0.2) is 10.1 Å². The van der Waals surface area contributed by atoms with Crippen molar-refractivity contribution in [1.82, 2.24) is 4.98 Å². The third-order valence-electron chi connectivity index (χ3n) is 2.07. The maximum atomic E-state index is 9.47. The van der Waals surface area contributed by atoms with Crippen molar-refractivity contribution in [2.24, 2.45) is 5.73 Å². The van der Waals surface area contributed by atoms with E-state index in [9.17, 15) is 5.11 Å². The van der Waals surface area contributed by atoms with Gasteiger partial charge in [-0.05, 0) is 6.07 Å². The largest absolute Gasteiger partial charge is 0.506 e. The van der Waals surface area contributed by atoms with E-state index in [-0.39, 0.29) is 30.6 Å². The molecule has 1 aromatic carbocycles. The van der Waals surface area contributed by atoms with Gasteiger partial charge < -0.3 is 10.8 Å². The number of aromatic nitrogens is 1. The van der Waals surface area contributed by atoms with Crippen molar-refractivity contribution in [2.45, 2.75) is 6.54 Å². The van der Waals surface area contributed by atoms with Crippen LogP contribution in [0.4, 0.5) is 0 Å². The number of hydrogen-bond donors (Lipinski definition) is 2. The molecule has 2 rings (SSSR count). The standard InChI is InChI=1S/C10H10N2O.2ClH/c11-5-8-7-3-1-2-4-9(7)12-6-10(8)13;;/h1-4,6,13H,5,11H2;2*1H. The lowest BCUT2D eigenvalue weighted by Crippen LogP contribution is -1.98. The third-order valence-corrected chi connectivity index (χ3v) is 2.07. The van der Waals surface area contributed by atoms with E-state index in [1.807, 2.05) is 24.3 Å². The summed E-state index contributed by atoms with van der Waals surface area (Å²) >= 11 is 0. The van der Waals surface area contributed by atoms with Crippen molar-refractivity contribution in [3.63, 3.8) is 0 Å². The molecule has 0 saturated carbocycles. The molecule has 1 heterocycles. The molecule has 1 aromatic heterocycles. The van der Waals surface area contributed by atoms with Gasteiger partial charge >= 0.3 is 0 Å². The van der Waals surface area contributed by atoms with Crippen molar-refractivity contribution in [2.75, 3.05) is 0 Å². The summed E-state index contributed by atoms with van der Waals surface area (Å²) in [4.78, 5) is 4.08. The van der Waals surface area contributed by atoms with E-state index < -0.39 is 0 Å². The summed E-state index contributed by atoms with van der Waals surface area (Å²) in [6, 6.07) is 7.62. The SMILES string of the molecule is Cl.Cl.NCc1c(O)cnc2ccccc12. The summed E-state index contributed by atoms with van der Waals surface area (Å²) < 4.78 is 0. The molecule has 0 fully saturated rings. The van der Waals surface area contributed by atoms with E-state index in [0.29, 0.717) is 6.54 Å². The molecule has 5 heteroatoms. The molecule has 82 valence electrons. The molecule has 0 radical (unpaired) electrons. The molecule has 2 aromatic rings. The average molecular weight is 247 g/mol. The highest BCUT2D eigenvalue weighted by atomic mass is 35.5. The molecule has 0 aliphatic heterocycles. The maximum absolute atomic E-state index is 9.47. The van der Waals surface area contributed by atoms with Gasteiger partial charge in [-0.1, -0.05) is 18.2 Å². The van der Waals surface area contributed by atoms with E-state index in [4.69, 9.17) is 5.73 Å². The van der Waals surface area contributed by atoms with E-state index in [1.54, 1.807) is 0 Å². The second-order valence-corrected chi connectivity index (χ2v) is 2.84. The van der Waals surface area contributed by atoms with Gasteiger partial charge in [-0.3, -0.25) is 4.98 Å². The minimum atomic E-state index is 0. The molecular weight excluding hydrogens is 235 g/mol. The normalized spacial score (nSPS) is 9.13. The molecule has 15 heavy (non-hydrogen) atoms. The van der Waals surface area contributed by atoms with Gasteiger partial charge in [-0.15, -0.1) is 24.8 Å². The van der Waals surface area contributed by atoms with Gasteiger partial charge in [0.2, 0.25) is 0 Å². The number of pyridine rings is 1. The van der Waals surface area contributed by atoms with Crippen LogP contribution in [0.5, 0.6) is 5.75 Å². The van der Waals surface area contributed by atoms with Crippen molar-refractivity contribution >= 4 is 35.7 Å². The van der Waals surface area contributed by atoms with Crippen LogP contribution < -0.4 is 5.73 Å². The number of fused-ring (bicyclic) bond motifs is 1. The van der Waals surface area contributed by atoms with E-state index >= 15 is 0 Å².